The lowest BCUT2D eigenvalue weighted by Gasteiger charge is -2.40. The smallest absolute Gasteiger partial charge is 0.245 e. The number of amides is 2. The summed E-state index contributed by atoms with van der Waals surface area (Å²) in [6.07, 6.45) is 5.38. The first-order valence-electron chi connectivity index (χ1n) is 8.33. The number of rotatable bonds is 2. The van der Waals surface area contributed by atoms with Crippen molar-refractivity contribution in [2.24, 2.45) is 0 Å². The van der Waals surface area contributed by atoms with Crippen LogP contribution in [0.3, 0.4) is 0 Å². The molecule has 2 fully saturated rings. The molecule has 0 aliphatic carbocycles. The standard InChI is InChI=1S/C18H21N3O2/c22-16(13-20-12-7-14-5-1-2-6-15(14)20)21-11-4-9-18(21)8-3-10-19-17(18)23/h1-2,5-7,12H,3-4,8-11,13H2,(H,19,23). The van der Waals surface area contributed by atoms with Gasteiger partial charge in [-0.2, -0.15) is 0 Å². The Hall–Kier alpha value is -2.30. The van der Waals surface area contributed by atoms with Gasteiger partial charge in [0.1, 0.15) is 12.1 Å². The highest BCUT2D eigenvalue weighted by molar-refractivity contribution is 5.93. The second kappa shape index (κ2) is 5.41. The third-order valence-electron chi connectivity index (χ3n) is 5.25. The summed E-state index contributed by atoms with van der Waals surface area (Å²) in [6.45, 7) is 1.71. The molecule has 1 spiro atoms. The number of piperidine rings is 1. The van der Waals surface area contributed by atoms with E-state index in [0.717, 1.165) is 43.1 Å². The molecule has 0 bridgehead atoms. The molecule has 1 unspecified atom stereocenters. The van der Waals surface area contributed by atoms with Crippen molar-refractivity contribution < 1.29 is 9.59 Å². The predicted octanol–water partition coefficient (Wildman–Crippen LogP) is 1.91. The monoisotopic (exact) mass is 311 g/mol. The summed E-state index contributed by atoms with van der Waals surface area (Å²) in [5.41, 5.74) is 0.459. The van der Waals surface area contributed by atoms with E-state index in [1.807, 2.05) is 46.0 Å². The Balaban J connectivity index is 1.60. The third-order valence-corrected chi connectivity index (χ3v) is 5.25. The topological polar surface area (TPSA) is 54.3 Å². The number of hydrogen-bond donors (Lipinski definition) is 1. The molecule has 120 valence electrons. The van der Waals surface area contributed by atoms with Gasteiger partial charge < -0.3 is 14.8 Å². The minimum Gasteiger partial charge on any atom is -0.354 e. The van der Waals surface area contributed by atoms with E-state index in [4.69, 9.17) is 0 Å². The molecule has 23 heavy (non-hydrogen) atoms. The summed E-state index contributed by atoms with van der Waals surface area (Å²) in [5.74, 6) is 0.0767. The van der Waals surface area contributed by atoms with Crippen molar-refractivity contribution in [1.82, 2.24) is 14.8 Å². The average Bonchev–Trinajstić information content (AvgIpc) is 3.16. The van der Waals surface area contributed by atoms with Gasteiger partial charge in [-0.3, -0.25) is 9.59 Å². The first kappa shape index (κ1) is 14.3. The highest BCUT2D eigenvalue weighted by atomic mass is 16.2. The normalized spacial score (nSPS) is 24.3. The maximum absolute atomic E-state index is 12.9. The second-order valence-electron chi connectivity index (χ2n) is 6.54. The van der Waals surface area contributed by atoms with Gasteiger partial charge in [-0.1, -0.05) is 18.2 Å². The zero-order chi connectivity index (χ0) is 15.9. The quantitative estimate of drug-likeness (QED) is 0.921. The molecule has 4 rings (SSSR count). The zero-order valence-corrected chi connectivity index (χ0v) is 13.1. The Morgan fingerprint density at radius 1 is 1.17 bits per heavy atom. The number of carbonyl (C=O) groups is 2. The summed E-state index contributed by atoms with van der Waals surface area (Å²) in [4.78, 5) is 27.2. The van der Waals surface area contributed by atoms with Crippen molar-refractivity contribution in [2.75, 3.05) is 13.1 Å². The summed E-state index contributed by atoms with van der Waals surface area (Å²) >= 11 is 0. The van der Waals surface area contributed by atoms with Crippen molar-refractivity contribution in [3.63, 3.8) is 0 Å². The number of hydrogen-bond acceptors (Lipinski definition) is 2. The molecule has 5 heteroatoms. The number of fused-ring (bicyclic) bond motifs is 1. The van der Waals surface area contributed by atoms with Crippen LogP contribution in [0.1, 0.15) is 25.7 Å². The van der Waals surface area contributed by atoms with Crippen molar-refractivity contribution in [3.8, 4) is 0 Å². The van der Waals surface area contributed by atoms with Crippen molar-refractivity contribution >= 4 is 22.7 Å². The van der Waals surface area contributed by atoms with E-state index < -0.39 is 5.54 Å². The number of likely N-dealkylation sites (tertiary alicyclic amines) is 1. The predicted molar refractivity (Wildman–Crippen MR) is 87.9 cm³/mol. The van der Waals surface area contributed by atoms with E-state index in [0.29, 0.717) is 13.1 Å². The lowest BCUT2D eigenvalue weighted by Crippen LogP contribution is -2.60. The summed E-state index contributed by atoms with van der Waals surface area (Å²) in [5, 5.41) is 4.08. The van der Waals surface area contributed by atoms with Crippen LogP contribution in [0.15, 0.2) is 36.5 Å². The van der Waals surface area contributed by atoms with Gasteiger partial charge in [-0.15, -0.1) is 0 Å². The van der Waals surface area contributed by atoms with E-state index >= 15 is 0 Å². The molecule has 1 aromatic heterocycles. The van der Waals surface area contributed by atoms with Gasteiger partial charge in [0, 0.05) is 24.8 Å². The van der Waals surface area contributed by atoms with Gasteiger partial charge in [-0.25, -0.2) is 0 Å². The van der Waals surface area contributed by atoms with Crippen molar-refractivity contribution in [1.29, 1.82) is 0 Å². The van der Waals surface area contributed by atoms with Crippen molar-refractivity contribution in [2.45, 2.75) is 37.8 Å². The first-order valence-corrected chi connectivity index (χ1v) is 8.33. The van der Waals surface area contributed by atoms with Crippen molar-refractivity contribution in [3.05, 3.63) is 36.5 Å². The molecule has 2 aliphatic heterocycles. The Kier molecular flexibility index (Phi) is 3.36. The number of carbonyl (C=O) groups excluding carboxylic acids is 2. The Labute approximate surface area is 135 Å². The molecule has 2 aromatic rings. The Bertz CT molecular complexity index is 766. The van der Waals surface area contributed by atoms with Gasteiger partial charge in [0.2, 0.25) is 11.8 Å². The van der Waals surface area contributed by atoms with Crippen LogP contribution < -0.4 is 5.32 Å². The number of nitrogens with zero attached hydrogens (tertiary/aromatic N) is 2. The second-order valence-corrected chi connectivity index (χ2v) is 6.54. The fraction of sp³-hybridized carbons (Fsp3) is 0.444. The molecule has 1 atom stereocenters. The Morgan fingerprint density at radius 3 is 2.87 bits per heavy atom. The fourth-order valence-electron chi connectivity index (χ4n) is 4.11. The summed E-state index contributed by atoms with van der Waals surface area (Å²) in [6, 6.07) is 10.1. The molecule has 1 aromatic carbocycles. The molecule has 2 aliphatic rings. The van der Waals surface area contributed by atoms with E-state index in [9.17, 15) is 9.59 Å². The minimum atomic E-state index is -0.599. The first-order chi connectivity index (χ1) is 11.2. The maximum Gasteiger partial charge on any atom is 0.245 e. The van der Waals surface area contributed by atoms with Crippen LogP contribution in [-0.2, 0) is 16.1 Å². The number of benzene rings is 1. The van der Waals surface area contributed by atoms with Gasteiger partial charge in [-0.05, 0) is 43.2 Å². The van der Waals surface area contributed by atoms with E-state index in [-0.39, 0.29) is 11.8 Å². The summed E-state index contributed by atoms with van der Waals surface area (Å²) < 4.78 is 1.98. The molecule has 0 radical (unpaired) electrons. The van der Waals surface area contributed by atoms with Crippen LogP contribution in [0.2, 0.25) is 0 Å². The molecule has 5 nitrogen and oxygen atoms in total. The molecule has 0 saturated carbocycles. The van der Waals surface area contributed by atoms with E-state index in [2.05, 4.69) is 5.32 Å². The van der Waals surface area contributed by atoms with Crippen LogP contribution in [-0.4, -0.2) is 39.9 Å². The zero-order valence-electron chi connectivity index (χ0n) is 13.1. The van der Waals surface area contributed by atoms with E-state index in [1.54, 1.807) is 0 Å². The lowest BCUT2D eigenvalue weighted by atomic mass is 9.86. The van der Waals surface area contributed by atoms with Gasteiger partial charge in [0.15, 0.2) is 0 Å². The molecular formula is C18H21N3O2. The molecule has 1 N–H and O–H groups in total. The van der Waals surface area contributed by atoms with Crippen LogP contribution in [0.5, 0.6) is 0 Å². The van der Waals surface area contributed by atoms with Crippen LogP contribution in [0, 0.1) is 0 Å². The van der Waals surface area contributed by atoms with Gasteiger partial charge in [0.05, 0.1) is 0 Å². The van der Waals surface area contributed by atoms with Crippen LogP contribution in [0.4, 0.5) is 0 Å². The largest absolute Gasteiger partial charge is 0.354 e. The van der Waals surface area contributed by atoms with Gasteiger partial charge in [0.25, 0.3) is 0 Å². The minimum absolute atomic E-state index is 0.0342. The fourth-order valence-corrected chi connectivity index (χ4v) is 4.11. The number of aromatic nitrogens is 1. The SMILES string of the molecule is O=C(Cn1ccc2ccccc21)N1CCCC12CCCNC2=O. The highest BCUT2D eigenvalue weighted by Crippen LogP contribution is 2.36. The maximum atomic E-state index is 12.9. The Morgan fingerprint density at radius 2 is 2.00 bits per heavy atom. The average molecular weight is 311 g/mol. The van der Waals surface area contributed by atoms with Crippen LogP contribution >= 0.6 is 0 Å². The molecular weight excluding hydrogens is 290 g/mol. The molecule has 2 amide bonds. The third kappa shape index (κ3) is 2.22. The van der Waals surface area contributed by atoms with E-state index in [1.165, 1.54) is 0 Å². The van der Waals surface area contributed by atoms with Crippen LogP contribution in [0.25, 0.3) is 10.9 Å². The molecule has 3 heterocycles. The molecule has 2 saturated heterocycles. The number of para-hydroxylation sites is 1. The van der Waals surface area contributed by atoms with Gasteiger partial charge >= 0.3 is 0 Å². The highest BCUT2D eigenvalue weighted by Gasteiger charge is 2.50. The summed E-state index contributed by atoms with van der Waals surface area (Å²) in [7, 11) is 0. The number of nitrogens with one attached hydrogen (secondary N) is 1. The lowest BCUT2D eigenvalue weighted by molar-refractivity contribution is -0.147.